The number of benzene rings is 3. The zero-order valence-corrected chi connectivity index (χ0v) is 14.9. The molecule has 0 aliphatic carbocycles. The summed E-state index contributed by atoms with van der Waals surface area (Å²) in [5, 5.41) is -0.776. The van der Waals surface area contributed by atoms with Crippen LogP contribution in [0.5, 0.6) is 0 Å². The normalized spacial score (nSPS) is 11.4. The first-order valence-corrected chi connectivity index (χ1v) is 9.89. The molecule has 0 radical (unpaired) electrons. The molecule has 4 nitrogen and oxygen atoms in total. The molecule has 0 aliphatic heterocycles. The first-order chi connectivity index (χ1) is 12.5. The molecule has 3 aromatic rings. The number of carbonyl (C=O) groups is 1. The van der Waals surface area contributed by atoms with Crippen LogP contribution in [0, 0.1) is 0 Å². The van der Waals surface area contributed by atoms with Crippen LogP contribution in [0.4, 0.5) is 0 Å². The molecule has 0 unspecified atom stereocenters. The largest absolute Gasteiger partial charge is 0.366 e. The molecule has 0 saturated carbocycles. The fraction of sp³-hybridized carbons (Fsp3) is 0.0952. The highest BCUT2D eigenvalue weighted by atomic mass is 32.2. The van der Waals surface area contributed by atoms with Crippen molar-refractivity contribution in [1.29, 1.82) is 0 Å². The zero-order chi connectivity index (χ0) is 18.6. The third kappa shape index (κ3) is 4.00. The van der Waals surface area contributed by atoms with Crippen LogP contribution in [0.3, 0.4) is 0 Å². The Kier molecular flexibility index (Phi) is 5.19. The van der Waals surface area contributed by atoms with Gasteiger partial charge in [-0.25, -0.2) is 8.42 Å². The Hall–Kier alpha value is -2.92. The lowest BCUT2D eigenvalue weighted by Crippen LogP contribution is -2.17. The molecule has 0 bridgehead atoms. The summed E-state index contributed by atoms with van der Waals surface area (Å²) in [5.74, 6) is -0.755. The van der Waals surface area contributed by atoms with Crippen molar-refractivity contribution in [2.75, 3.05) is 0 Å². The van der Waals surface area contributed by atoms with Crippen LogP contribution in [0.25, 0.3) is 0 Å². The summed E-state index contributed by atoms with van der Waals surface area (Å²) in [6, 6.07) is 24.7. The highest BCUT2D eigenvalue weighted by molar-refractivity contribution is 7.91. The molecule has 0 spiro atoms. The predicted molar refractivity (Wildman–Crippen MR) is 102 cm³/mol. The van der Waals surface area contributed by atoms with Gasteiger partial charge in [-0.15, -0.1) is 0 Å². The van der Waals surface area contributed by atoms with Gasteiger partial charge in [0.1, 0.15) is 5.25 Å². The van der Waals surface area contributed by atoms with Gasteiger partial charge < -0.3 is 5.73 Å². The van der Waals surface area contributed by atoms with Gasteiger partial charge in [0.05, 0.1) is 5.75 Å². The monoisotopic (exact) mass is 365 g/mol. The highest BCUT2D eigenvalue weighted by Crippen LogP contribution is 2.32. The molecule has 26 heavy (non-hydrogen) atoms. The molecular weight excluding hydrogens is 346 g/mol. The lowest BCUT2D eigenvalue weighted by molar-refractivity contribution is 0.1000. The number of amides is 1. The number of hydrogen-bond acceptors (Lipinski definition) is 3. The van der Waals surface area contributed by atoms with E-state index in [1.54, 1.807) is 18.2 Å². The van der Waals surface area contributed by atoms with E-state index in [0.29, 0.717) is 22.3 Å². The average molecular weight is 365 g/mol. The molecule has 0 saturated heterocycles. The van der Waals surface area contributed by atoms with Gasteiger partial charge in [0.25, 0.3) is 0 Å². The van der Waals surface area contributed by atoms with Gasteiger partial charge in [-0.1, -0.05) is 72.8 Å². The fourth-order valence-corrected chi connectivity index (χ4v) is 4.95. The Morgan fingerprint density at radius 1 is 0.808 bits per heavy atom. The maximum Gasteiger partial charge on any atom is 0.248 e. The van der Waals surface area contributed by atoms with E-state index in [0.717, 1.165) is 0 Å². The third-order valence-corrected chi connectivity index (χ3v) is 6.14. The minimum absolute atomic E-state index is 0.178. The second kappa shape index (κ2) is 7.54. The van der Waals surface area contributed by atoms with E-state index in [1.807, 2.05) is 60.7 Å². The number of nitrogens with two attached hydrogens (primary N) is 1. The van der Waals surface area contributed by atoms with Crippen molar-refractivity contribution < 1.29 is 13.2 Å². The molecular formula is C21H19NO3S. The molecule has 3 aromatic carbocycles. The van der Waals surface area contributed by atoms with E-state index in [-0.39, 0.29) is 5.75 Å². The maximum atomic E-state index is 13.3. The zero-order valence-electron chi connectivity index (χ0n) is 14.1. The Morgan fingerprint density at radius 2 is 1.35 bits per heavy atom. The molecule has 5 heteroatoms. The number of sulfone groups is 1. The summed E-state index contributed by atoms with van der Waals surface area (Å²) < 4.78 is 26.5. The molecule has 0 aliphatic rings. The summed E-state index contributed by atoms with van der Waals surface area (Å²) in [6.07, 6.45) is 0. The molecule has 132 valence electrons. The van der Waals surface area contributed by atoms with Crippen molar-refractivity contribution in [2.45, 2.75) is 11.0 Å². The Bertz CT molecular complexity index is 960. The Labute approximate surface area is 153 Å². The maximum absolute atomic E-state index is 13.3. The van der Waals surface area contributed by atoms with E-state index in [2.05, 4.69) is 0 Å². The van der Waals surface area contributed by atoms with Gasteiger partial charge in [0.15, 0.2) is 9.84 Å². The van der Waals surface area contributed by atoms with Crippen LogP contribution in [-0.4, -0.2) is 14.3 Å². The van der Waals surface area contributed by atoms with Crippen molar-refractivity contribution in [1.82, 2.24) is 0 Å². The third-order valence-electron chi connectivity index (χ3n) is 4.14. The van der Waals surface area contributed by atoms with Gasteiger partial charge in [-0.2, -0.15) is 0 Å². The van der Waals surface area contributed by atoms with E-state index in [9.17, 15) is 13.2 Å². The topological polar surface area (TPSA) is 77.2 Å². The predicted octanol–water partition coefficient (Wildman–Crippen LogP) is 3.49. The van der Waals surface area contributed by atoms with Crippen LogP contribution < -0.4 is 5.73 Å². The van der Waals surface area contributed by atoms with Crippen LogP contribution in [0.2, 0.25) is 0 Å². The quantitative estimate of drug-likeness (QED) is 0.726. The Balaban J connectivity index is 2.03. The molecule has 3 rings (SSSR count). The van der Waals surface area contributed by atoms with Crippen molar-refractivity contribution >= 4 is 15.7 Å². The molecule has 0 fully saturated rings. The van der Waals surface area contributed by atoms with Crippen molar-refractivity contribution in [3.05, 3.63) is 107 Å². The smallest absolute Gasteiger partial charge is 0.248 e. The molecule has 0 atom stereocenters. The van der Waals surface area contributed by atoms with Crippen LogP contribution in [0.15, 0.2) is 84.9 Å². The molecule has 0 aromatic heterocycles. The second-order valence-corrected chi connectivity index (χ2v) is 8.16. The minimum Gasteiger partial charge on any atom is -0.366 e. The highest BCUT2D eigenvalue weighted by Gasteiger charge is 2.29. The number of primary amides is 1. The lowest BCUT2D eigenvalue weighted by atomic mass is 10.0. The number of hydrogen-bond donors (Lipinski definition) is 1. The van der Waals surface area contributed by atoms with Crippen molar-refractivity contribution in [2.24, 2.45) is 5.73 Å². The Morgan fingerprint density at radius 3 is 1.85 bits per heavy atom. The molecule has 1 amide bonds. The molecule has 2 N–H and O–H groups in total. The fourth-order valence-electron chi connectivity index (χ4n) is 2.99. The van der Waals surface area contributed by atoms with Crippen molar-refractivity contribution in [3.8, 4) is 0 Å². The van der Waals surface area contributed by atoms with E-state index >= 15 is 0 Å². The van der Waals surface area contributed by atoms with E-state index < -0.39 is 21.0 Å². The summed E-state index contributed by atoms with van der Waals surface area (Å²) >= 11 is 0. The van der Waals surface area contributed by atoms with Crippen LogP contribution >= 0.6 is 0 Å². The first kappa shape index (κ1) is 17.9. The standard InChI is InChI=1S/C21H19NO3S/c22-21(23)19-13-7-8-16(14-19)15-26(24,25)20(17-9-3-1-4-10-17)18-11-5-2-6-12-18/h1-14,20H,15H2,(H2,22,23). The number of carbonyl (C=O) groups excluding carboxylic acids is 1. The molecule has 0 heterocycles. The summed E-state index contributed by atoms with van der Waals surface area (Å²) in [4.78, 5) is 11.4. The van der Waals surface area contributed by atoms with Gasteiger partial charge in [0, 0.05) is 5.56 Å². The van der Waals surface area contributed by atoms with Crippen molar-refractivity contribution in [3.63, 3.8) is 0 Å². The van der Waals surface area contributed by atoms with E-state index in [1.165, 1.54) is 6.07 Å². The summed E-state index contributed by atoms with van der Waals surface area (Å²) in [5.41, 5.74) is 7.57. The van der Waals surface area contributed by atoms with Crippen LogP contribution in [0.1, 0.15) is 32.3 Å². The SMILES string of the molecule is NC(=O)c1cccc(CS(=O)(=O)C(c2ccccc2)c2ccccc2)c1. The van der Waals surface area contributed by atoms with Gasteiger partial charge in [-0.05, 0) is 28.8 Å². The lowest BCUT2D eigenvalue weighted by Gasteiger charge is -2.19. The van der Waals surface area contributed by atoms with Gasteiger partial charge >= 0.3 is 0 Å². The average Bonchev–Trinajstić information content (AvgIpc) is 2.63. The van der Waals surface area contributed by atoms with Gasteiger partial charge in [-0.3, -0.25) is 4.79 Å². The first-order valence-electron chi connectivity index (χ1n) is 8.17. The van der Waals surface area contributed by atoms with Gasteiger partial charge in [0.2, 0.25) is 5.91 Å². The summed E-state index contributed by atoms with van der Waals surface area (Å²) in [7, 11) is -3.58. The minimum atomic E-state index is -3.58. The second-order valence-electron chi connectivity index (χ2n) is 6.07. The van der Waals surface area contributed by atoms with E-state index in [4.69, 9.17) is 5.73 Å². The van der Waals surface area contributed by atoms with Crippen LogP contribution in [-0.2, 0) is 15.6 Å². The number of rotatable bonds is 6. The summed E-state index contributed by atoms with van der Waals surface area (Å²) in [6.45, 7) is 0.